The van der Waals surface area contributed by atoms with Crippen molar-refractivity contribution in [1.29, 1.82) is 0 Å². The Morgan fingerprint density at radius 1 is 1.33 bits per heavy atom. The largest absolute Gasteiger partial charge is 0.348 e. The van der Waals surface area contributed by atoms with Gasteiger partial charge in [0.15, 0.2) is 0 Å². The summed E-state index contributed by atoms with van der Waals surface area (Å²) in [6.07, 6.45) is 1.67. The number of hydrogen-bond donors (Lipinski definition) is 1. The third-order valence-electron chi connectivity index (χ3n) is 4.23. The molecule has 1 amide bonds. The first kappa shape index (κ1) is 12.2. The molecule has 0 aliphatic carbocycles. The molecule has 21 heavy (non-hydrogen) atoms. The minimum Gasteiger partial charge on any atom is -0.348 e. The van der Waals surface area contributed by atoms with Crippen LogP contribution in [0.1, 0.15) is 22.6 Å². The first-order chi connectivity index (χ1) is 10.1. The lowest BCUT2D eigenvalue weighted by atomic mass is 10.1. The predicted molar refractivity (Wildman–Crippen MR) is 80.0 cm³/mol. The van der Waals surface area contributed by atoms with Crippen molar-refractivity contribution in [2.24, 2.45) is 0 Å². The first-order valence-corrected chi connectivity index (χ1v) is 7.03. The van der Waals surface area contributed by atoms with Crippen molar-refractivity contribution < 1.29 is 4.79 Å². The number of nitrogens with zero attached hydrogens (tertiary/aromatic N) is 3. The van der Waals surface area contributed by atoms with Crippen LogP contribution in [0.15, 0.2) is 30.6 Å². The fraction of sp³-hybridized carbons (Fsp3) is 0.250. The Balaban J connectivity index is 1.73. The monoisotopic (exact) mass is 280 g/mol. The highest BCUT2D eigenvalue weighted by atomic mass is 16.2. The Hall–Kier alpha value is -2.56. The molecule has 0 spiro atoms. The van der Waals surface area contributed by atoms with E-state index in [4.69, 9.17) is 0 Å². The number of imidazole rings is 1. The van der Waals surface area contributed by atoms with E-state index in [9.17, 15) is 4.79 Å². The smallest absolute Gasteiger partial charge is 0.329 e. The van der Waals surface area contributed by atoms with Crippen LogP contribution in [0.25, 0.3) is 10.9 Å². The number of fused-ring (bicyclic) bond motifs is 3. The van der Waals surface area contributed by atoms with Crippen LogP contribution in [0.3, 0.4) is 0 Å². The van der Waals surface area contributed by atoms with Crippen molar-refractivity contribution in [3.63, 3.8) is 0 Å². The van der Waals surface area contributed by atoms with Crippen molar-refractivity contribution in [3.05, 3.63) is 53.2 Å². The standard InChI is InChI=1S/C16H16N4O/c1-10-4-3-5-15-13(10)6-12-7-19(16(21)20(12)15)8-14-11(2)17-9-18-14/h3-6,9H,7-8H2,1-2H3,(H,17,18). The number of benzene rings is 1. The van der Waals surface area contributed by atoms with Gasteiger partial charge in [-0.1, -0.05) is 12.1 Å². The summed E-state index contributed by atoms with van der Waals surface area (Å²) in [6, 6.07) is 8.24. The molecule has 5 heteroatoms. The van der Waals surface area contributed by atoms with Crippen molar-refractivity contribution in [3.8, 4) is 0 Å². The fourth-order valence-electron chi connectivity index (χ4n) is 3.03. The maximum Gasteiger partial charge on any atom is 0.329 e. The van der Waals surface area contributed by atoms with Crippen LogP contribution in [0.2, 0.25) is 0 Å². The number of carbonyl (C=O) groups is 1. The number of carbonyl (C=O) groups excluding carboxylic acids is 1. The number of H-pyrrole nitrogens is 1. The molecule has 0 radical (unpaired) electrons. The van der Waals surface area contributed by atoms with Crippen LogP contribution in [0.5, 0.6) is 0 Å². The molecule has 2 aromatic heterocycles. The van der Waals surface area contributed by atoms with Gasteiger partial charge in [0.2, 0.25) is 0 Å². The normalized spacial score (nSPS) is 14.2. The summed E-state index contributed by atoms with van der Waals surface area (Å²) < 4.78 is 1.82. The predicted octanol–water partition coefficient (Wildman–Crippen LogP) is 2.97. The summed E-state index contributed by atoms with van der Waals surface area (Å²) in [5, 5.41) is 1.16. The van der Waals surface area contributed by atoms with Crippen molar-refractivity contribution in [1.82, 2.24) is 19.4 Å². The number of aryl methyl sites for hydroxylation is 2. The zero-order valence-electron chi connectivity index (χ0n) is 12.1. The molecule has 106 valence electrons. The number of hydrogen-bond acceptors (Lipinski definition) is 2. The topological polar surface area (TPSA) is 53.9 Å². The summed E-state index contributed by atoms with van der Waals surface area (Å²) in [5.74, 6) is 0. The summed E-state index contributed by atoms with van der Waals surface area (Å²) in [4.78, 5) is 21.8. The van der Waals surface area contributed by atoms with Gasteiger partial charge < -0.3 is 9.88 Å². The average Bonchev–Trinajstić information content (AvgIpc) is 3.10. The Bertz CT molecular complexity index is 858. The van der Waals surface area contributed by atoms with Gasteiger partial charge in [0.25, 0.3) is 0 Å². The van der Waals surface area contributed by atoms with Crippen molar-refractivity contribution >= 4 is 16.9 Å². The number of amides is 1. The van der Waals surface area contributed by atoms with Gasteiger partial charge in [0.05, 0.1) is 30.6 Å². The molecule has 5 nitrogen and oxygen atoms in total. The van der Waals surface area contributed by atoms with E-state index in [2.05, 4.69) is 29.0 Å². The highest BCUT2D eigenvalue weighted by Crippen LogP contribution is 2.29. The molecule has 0 fully saturated rings. The molecule has 1 aliphatic rings. The third kappa shape index (κ3) is 1.70. The SMILES string of the molecule is Cc1[nH]cnc1CN1Cc2cc3c(C)cccc3n2C1=O. The Morgan fingerprint density at radius 3 is 2.95 bits per heavy atom. The fourth-order valence-corrected chi connectivity index (χ4v) is 3.03. The van der Waals surface area contributed by atoms with E-state index < -0.39 is 0 Å². The molecule has 1 aliphatic heterocycles. The molecule has 0 atom stereocenters. The number of aromatic amines is 1. The highest BCUT2D eigenvalue weighted by molar-refractivity contribution is 5.96. The van der Waals surface area contributed by atoms with E-state index in [0.29, 0.717) is 13.1 Å². The summed E-state index contributed by atoms with van der Waals surface area (Å²) >= 11 is 0. The molecule has 4 rings (SSSR count). The van der Waals surface area contributed by atoms with E-state index in [1.165, 1.54) is 5.56 Å². The van der Waals surface area contributed by atoms with E-state index in [1.807, 2.05) is 28.5 Å². The van der Waals surface area contributed by atoms with E-state index >= 15 is 0 Å². The lowest BCUT2D eigenvalue weighted by Gasteiger charge is -2.14. The van der Waals surface area contributed by atoms with Gasteiger partial charge in [-0.2, -0.15) is 0 Å². The lowest BCUT2D eigenvalue weighted by molar-refractivity contribution is 0.207. The van der Waals surface area contributed by atoms with E-state index in [1.54, 1.807) is 6.33 Å². The Morgan fingerprint density at radius 2 is 2.19 bits per heavy atom. The van der Waals surface area contributed by atoms with Crippen LogP contribution in [0, 0.1) is 13.8 Å². The second-order valence-electron chi connectivity index (χ2n) is 5.59. The van der Waals surface area contributed by atoms with Gasteiger partial charge in [-0.05, 0) is 31.5 Å². The van der Waals surface area contributed by atoms with Crippen LogP contribution in [-0.4, -0.2) is 25.5 Å². The third-order valence-corrected chi connectivity index (χ3v) is 4.23. The number of rotatable bonds is 2. The highest BCUT2D eigenvalue weighted by Gasteiger charge is 2.29. The second-order valence-corrected chi connectivity index (χ2v) is 5.59. The van der Waals surface area contributed by atoms with Gasteiger partial charge in [0, 0.05) is 16.8 Å². The minimum absolute atomic E-state index is 0.0352. The summed E-state index contributed by atoms with van der Waals surface area (Å²) in [7, 11) is 0. The van der Waals surface area contributed by atoms with Crippen LogP contribution in [0.4, 0.5) is 4.79 Å². The quantitative estimate of drug-likeness (QED) is 0.784. The van der Waals surface area contributed by atoms with Crippen molar-refractivity contribution in [2.45, 2.75) is 26.9 Å². The molecule has 1 N–H and O–H groups in total. The van der Waals surface area contributed by atoms with Crippen molar-refractivity contribution in [2.75, 3.05) is 0 Å². The van der Waals surface area contributed by atoms with Crippen LogP contribution >= 0.6 is 0 Å². The maximum absolute atomic E-state index is 12.7. The second kappa shape index (κ2) is 4.22. The van der Waals surface area contributed by atoms with Crippen LogP contribution in [-0.2, 0) is 13.1 Å². The van der Waals surface area contributed by atoms with Gasteiger partial charge in [-0.15, -0.1) is 0 Å². The van der Waals surface area contributed by atoms with Gasteiger partial charge in [-0.25, -0.2) is 9.78 Å². The van der Waals surface area contributed by atoms with E-state index in [0.717, 1.165) is 28.0 Å². The van der Waals surface area contributed by atoms with E-state index in [-0.39, 0.29) is 6.03 Å². The van der Waals surface area contributed by atoms with Gasteiger partial charge >= 0.3 is 6.03 Å². The molecular formula is C16H16N4O. The Kier molecular flexibility index (Phi) is 2.45. The molecule has 0 saturated carbocycles. The summed E-state index contributed by atoms with van der Waals surface area (Å²) in [6.45, 7) is 5.23. The number of aromatic nitrogens is 3. The molecule has 1 aromatic carbocycles. The minimum atomic E-state index is 0.0352. The zero-order chi connectivity index (χ0) is 14.6. The number of nitrogens with one attached hydrogen (secondary N) is 1. The van der Waals surface area contributed by atoms with Gasteiger partial charge in [0.1, 0.15) is 0 Å². The first-order valence-electron chi connectivity index (χ1n) is 7.03. The summed E-state index contributed by atoms with van der Waals surface area (Å²) in [5.41, 5.74) is 5.19. The Labute approximate surface area is 122 Å². The molecule has 0 bridgehead atoms. The molecule has 0 unspecified atom stereocenters. The average molecular weight is 280 g/mol. The van der Waals surface area contributed by atoms with Crippen LogP contribution < -0.4 is 0 Å². The zero-order valence-corrected chi connectivity index (χ0v) is 12.1. The van der Waals surface area contributed by atoms with Gasteiger partial charge in [-0.3, -0.25) is 4.57 Å². The lowest BCUT2D eigenvalue weighted by Crippen LogP contribution is -2.26. The molecule has 3 aromatic rings. The maximum atomic E-state index is 12.7. The molecular weight excluding hydrogens is 264 g/mol. The molecule has 0 saturated heterocycles. The molecule has 3 heterocycles.